The first-order valence-corrected chi connectivity index (χ1v) is 10.3. The molecule has 0 unspecified atom stereocenters. The number of likely N-dealkylation sites (tertiary alicyclic amines) is 1. The molecule has 30 heavy (non-hydrogen) atoms. The molecule has 0 aromatic heterocycles. The number of benzene rings is 2. The maximum absolute atomic E-state index is 11.6. The molecule has 1 heterocycles. The van der Waals surface area contributed by atoms with Crippen LogP contribution in [0.15, 0.2) is 59.6 Å². The summed E-state index contributed by atoms with van der Waals surface area (Å²) in [5.41, 5.74) is 2.08. The van der Waals surface area contributed by atoms with Gasteiger partial charge in [0, 0.05) is 25.3 Å². The molecule has 0 saturated carbocycles. The molecule has 7 heteroatoms. The Morgan fingerprint density at radius 1 is 1.07 bits per heavy atom. The molecule has 2 aromatic carbocycles. The lowest BCUT2D eigenvalue weighted by atomic mass is 10.1. The Morgan fingerprint density at radius 3 is 2.57 bits per heavy atom. The fourth-order valence-corrected chi connectivity index (χ4v) is 3.27. The van der Waals surface area contributed by atoms with Gasteiger partial charge in [-0.15, -0.1) is 24.0 Å². The number of amides is 1. The molecule has 1 aliphatic heterocycles. The van der Waals surface area contributed by atoms with Crippen LogP contribution in [0.2, 0.25) is 0 Å². The quantitative estimate of drug-likeness (QED) is 0.324. The molecule has 0 aliphatic carbocycles. The molecule has 0 atom stereocenters. The van der Waals surface area contributed by atoms with Gasteiger partial charge in [0.1, 0.15) is 5.75 Å². The molecule has 1 amide bonds. The smallest absolute Gasteiger partial charge is 0.257 e. The Labute approximate surface area is 196 Å². The van der Waals surface area contributed by atoms with Crippen LogP contribution in [0.25, 0.3) is 0 Å². The van der Waals surface area contributed by atoms with E-state index >= 15 is 0 Å². The Bertz CT molecular complexity index is 808. The highest BCUT2D eigenvalue weighted by molar-refractivity contribution is 14.0. The number of hydrogen-bond acceptors (Lipinski definition) is 3. The molecule has 6 nitrogen and oxygen atoms in total. The molecule has 1 aliphatic rings. The van der Waals surface area contributed by atoms with Crippen LogP contribution in [0.5, 0.6) is 5.75 Å². The summed E-state index contributed by atoms with van der Waals surface area (Å²) in [6.45, 7) is 5.10. The SMILES string of the molecule is CCNC(=O)COc1cccc(CN=C(Nc2ccccc2)N2CCCCC2)c1.I. The molecule has 2 N–H and O–H groups in total. The molecule has 0 spiro atoms. The van der Waals surface area contributed by atoms with Crippen molar-refractivity contribution in [1.82, 2.24) is 10.2 Å². The van der Waals surface area contributed by atoms with Crippen molar-refractivity contribution in [3.63, 3.8) is 0 Å². The van der Waals surface area contributed by atoms with Gasteiger partial charge in [-0.2, -0.15) is 0 Å². The summed E-state index contributed by atoms with van der Waals surface area (Å²) in [4.78, 5) is 18.8. The standard InChI is InChI=1S/C23H30N4O2.HI/c1-2-24-22(28)18-29-21-13-9-10-19(16-21)17-25-23(27-14-7-4-8-15-27)26-20-11-5-3-6-12-20;/h3,5-6,9-13,16H,2,4,7-8,14-15,17-18H2,1H3,(H,24,28)(H,25,26);1H. The van der Waals surface area contributed by atoms with Crippen molar-refractivity contribution in [2.45, 2.75) is 32.7 Å². The van der Waals surface area contributed by atoms with Crippen LogP contribution in [-0.2, 0) is 11.3 Å². The number of halogens is 1. The second-order valence-corrected chi connectivity index (χ2v) is 7.07. The second kappa shape index (κ2) is 13.1. The zero-order valence-corrected chi connectivity index (χ0v) is 19.8. The topological polar surface area (TPSA) is 66.0 Å². The van der Waals surface area contributed by atoms with Crippen molar-refractivity contribution >= 4 is 41.5 Å². The average molecular weight is 522 g/mol. The monoisotopic (exact) mass is 522 g/mol. The molecule has 3 rings (SSSR count). The van der Waals surface area contributed by atoms with E-state index < -0.39 is 0 Å². The van der Waals surface area contributed by atoms with Gasteiger partial charge in [-0.1, -0.05) is 30.3 Å². The molecule has 1 fully saturated rings. The van der Waals surface area contributed by atoms with Gasteiger partial charge in [0.2, 0.25) is 0 Å². The van der Waals surface area contributed by atoms with E-state index in [1.54, 1.807) is 0 Å². The molecule has 0 radical (unpaired) electrons. The maximum Gasteiger partial charge on any atom is 0.257 e. The number of anilines is 1. The van der Waals surface area contributed by atoms with Crippen LogP contribution in [0, 0.1) is 0 Å². The van der Waals surface area contributed by atoms with Crippen LogP contribution in [0.1, 0.15) is 31.7 Å². The minimum Gasteiger partial charge on any atom is -0.484 e. The van der Waals surface area contributed by atoms with Crippen molar-refractivity contribution in [2.75, 3.05) is 31.6 Å². The number of rotatable bonds is 7. The summed E-state index contributed by atoms with van der Waals surface area (Å²) in [6.07, 6.45) is 3.66. The van der Waals surface area contributed by atoms with E-state index in [4.69, 9.17) is 9.73 Å². The molecule has 1 saturated heterocycles. The van der Waals surface area contributed by atoms with Crippen LogP contribution in [0.3, 0.4) is 0 Å². The third-order valence-electron chi connectivity index (χ3n) is 4.74. The number of nitrogens with one attached hydrogen (secondary N) is 2. The largest absolute Gasteiger partial charge is 0.484 e. The minimum atomic E-state index is -0.115. The summed E-state index contributed by atoms with van der Waals surface area (Å²) in [6, 6.07) is 17.9. The number of nitrogens with zero attached hydrogens (tertiary/aromatic N) is 2. The van der Waals surface area contributed by atoms with Gasteiger partial charge in [-0.05, 0) is 56.0 Å². The zero-order chi connectivity index (χ0) is 20.3. The predicted octanol–water partition coefficient (Wildman–Crippen LogP) is 4.27. The van der Waals surface area contributed by atoms with E-state index in [2.05, 4.69) is 27.7 Å². The van der Waals surface area contributed by atoms with Gasteiger partial charge >= 0.3 is 0 Å². The number of carbonyl (C=O) groups excluding carboxylic acids is 1. The Hall–Kier alpha value is -2.29. The first-order valence-electron chi connectivity index (χ1n) is 10.3. The van der Waals surface area contributed by atoms with Crippen molar-refractivity contribution in [1.29, 1.82) is 0 Å². The van der Waals surface area contributed by atoms with E-state index in [-0.39, 0.29) is 36.5 Å². The lowest BCUT2D eigenvalue weighted by Gasteiger charge is -2.30. The van der Waals surface area contributed by atoms with Gasteiger partial charge in [0.25, 0.3) is 5.91 Å². The number of guanidine groups is 1. The van der Waals surface area contributed by atoms with Crippen LogP contribution in [-0.4, -0.2) is 43.0 Å². The summed E-state index contributed by atoms with van der Waals surface area (Å²) >= 11 is 0. The van der Waals surface area contributed by atoms with E-state index in [0.717, 1.165) is 30.3 Å². The normalized spacial score (nSPS) is 13.9. The fourth-order valence-electron chi connectivity index (χ4n) is 3.27. The minimum absolute atomic E-state index is 0. The number of likely N-dealkylation sites (N-methyl/N-ethyl adjacent to an activating group) is 1. The lowest BCUT2D eigenvalue weighted by molar-refractivity contribution is -0.122. The summed E-state index contributed by atoms with van der Waals surface area (Å²) < 4.78 is 5.59. The Kier molecular flexibility index (Phi) is 10.5. The van der Waals surface area contributed by atoms with Crippen molar-refractivity contribution in [3.05, 3.63) is 60.2 Å². The number of piperidine rings is 1. The van der Waals surface area contributed by atoms with Crippen molar-refractivity contribution in [2.24, 2.45) is 4.99 Å². The van der Waals surface area contributed by atoms with Gasteiger partial charge in [-0.25, -0.2) is 4.99 Å². The van der Waals surface area contributed by atoms with Crippen molar-refractivity contribution in [3.8, 4) is 5.75 Å². The summed E-state index contributed by atoms with van der Waals surface area (Å²) in [5.74, 6) is 1.47. The number of ether oxygens (including phenoxy) is 1. The van der Waals surface area contributed by atoms with Crippen molar-refractivity contribution < 1.29 is 9.53 Å². The first-order chi connectivity index (χ1) is 14.2. The van der Waals surface area contributed by atoms with Crippen LogP contribution in [0.4, 0.5) is 5.69 Å². The highest BCUT2D eigenvalue weighted by atomic mass is 127. The highest BCUT2D eigenvalue weighted by Gasteiger charge is 2.15. The average Bonchev–Trinajstić information content (AvgIpc) is 2.77. The highest BCUT2D eigenvalue weighted by Crippen LogP contribution is 2.16. The molecule has 0 bridgehead atoms. The number of para-hydroxylation sites is 1. The van der Waals surface area contributed by atoms with E-state index in [1.165, 1.54) is 19.3 Å². The van der Waals surface area contributed by atoms with Gasteiger partial charge in [0.15, 0.2) is 12.6 Å². The Balaban J connectivity index is 0.00000320. The Morgan fingerprint density at radius 2 is 1.83 bits per heavy atom. The molecule has 2 aromatic rings. The van der Waals surface area contributed by atoms with Crippen LogP contribution >= 0.6 is 24.0 Å². The summed E-state index contributed by atoms with van der Waals surface area (Å²) in [7, 11) is 0. The number of aliphatic imine (C=N–C) groups is 1. The fraction of sp³-hybridized carbons (Fsp3) is 0.391. The zero-order valence-electron chi connectivity index (χ0n) is 17.5. The second-order valence-electron chi connectivity index (χ2n) is 7.07. The number of carbonyl (C=O) groups is 1. The molecule has 162 valence electrons. The molecular formula is C23H31IN4O2. The van der Waals surface area contributed by atoms with Crippen LogP contribution < -0.4 is 15.4 Å². The van der Waals surface area contributed by atoms with E-state index in [0.29, 0.717) is 18.8 Å². The third-order valence-corrected chi connectivity index (χ3v) is 4.74. The van der Waals surface area contributed by atoms with Gasteiger partial charge < -0.3 is 20.3 Å². The predicted molar refractivity (Wildman–Crippen MR) is 133 cm³/mol. The first kappa shape index (κ1) is 24.0. The lowest BCUT2D eigenvalue weighted by Crippen LogP contribution is -2.40. The number of hydrogen-bond donors (Lipinski definition) is 2. The maximum atomic E-state index is 11.6. The van der Waals surface area contributed by atoms with E-state index in [1.807, 2.05) is 49.4 Å². The third kappa shape index (κ3) is 7.85. The van der Waals surface area contributed by atoms with Gasteiger partial charge in [0.05, 0.1) is 6.54 Å². The molecular weight excluding hydrogens is 491 g/mol. The van der Waals surface area contributed by atoms with E-state index in [9.17, 15) is 4.79 Å². The van der Waals surface area contributed by atoms with Gasteiger partial charge in [-0.3, -0.25) is 4.79 Å². The summed E-state index contributed by atoms with van der Waals surface area (Å²) in [5, 5.41) is 6.21.